The van der Waals surface area contributed by atoms with Crippen LogP contribution in [0.3, 0.4) is 0 Å². The number of hydrogen-bond donors (Lipinski definition) is 0. The van der Waals surface area contributed by atoms with Crippen molar-refractivity contribution < 1.29 is 16.7 Å². The van der Waals surface area contributed by atoms with E-state index in [-0.39, 0.29) is 24.8 Å². The molecule has 118 valence electrons. The summed E-state index contributed by atoms with van der Waals surface area (Å²) >= 11 is 0. The van der Waals surface area contributed by atoms with Gasteiger partial charge >= 0.3 is 5.97 Å². The maximum absolute atomic E-state index is 13.1. The van der Waals surface area contributed by atoms with Gasteiger partial charge in [0.2, 0.25) is 0 Å². The summed E-state index contributed by atoms with van der Waals surface area (Å²) in [7, 11) is 1.32. The van der Waals surface area contributed by atoms with Crippen LogP contribution in [0.5, 0.6) is 0 Å². The number of hydrogen-bond acceptors (Lipinski definition) is 3. The van der Waals surface area contributed by atoms with Gasteiger partial charge in [0.05, 0.1) is 22.8 Å². The molecule has 2 rings (SSSR count). The summed E-state index contributed by atoms with van der Waals surface area (Å²) in [5, 5.41) is 0. The highest BCUT2D eigenvalue weighted by molar-refractivity contribution is 5.72. The molecule has 0 bridgehead atoms. The second-order valence-corrected chi connectivity index (χ2v) is 4.89. The third-order valence-corrected chi connectivity index (χ3v) is 3.28. The molecule has 4 heteroatoms. The van der Waals surface area contributed by atoms with Crippen molar-refractivity contribution in [1.29, 1.82) is 0 Å². The highest BCUT2D eigenvalue weighted by Gasteiger charge is 2.08. The van der Waals surface area contributed by atoms with E-state index in [1.165, 1.54) is 24.1 Å². The van der Waals surface area contributed by atoms with E-state index in [2.05, 4.69) is 10.7 Å². The van der Waals surface area contributed by atoms with E-state index in [9.17, 15) is 9.18 Å². The van der Waals surface area contributed by atoms with E-state index in [1.807, 2.05) is 0 Å². The molecule has 0 amide bonds. The first-order chi connectivity index (χ1) is 11.9. The first kappa shape index (κ1) is 13.8. The molecule has 0 spiro atoms. The molecule has 0 saturated heterocycles. The van der Waals surface area contributed by atoms with Crippen LogP contribution in [-0.2, 0) is 22.5 Å². The summed E-state index contributed by atoms with van der Waals surface area (Å²) in [5.41, 5.74) is 2.03. The van der Waals surface area contributed by atoms with Gasteiger partial charge in [-0.2, -0.15) is 0 Å². The zero-order chi connectivity index (χ0) is 18.4. The topological polar surface area (TPSA) is 29.5 Å². The van der Waals surface area contributed by atoms with Crippen LogP contribution in [0.15, 0.2) is 48.5 Å². The van der Waals surface area contributed by atoms with Crippen molar-refractivity contribution in [2.45, 2.75) is 13.0 Å². The minimum atomic E-state index is -2.03. The minimum Gasteiger partial charge on any atom is -0.469 e. The van der Waals surface area contributed by atoms with Crippen LogP contribution in [0, 0.1) is 18.2 Å². The van der Waals surface area contributed by atoms with Crippen LogP contribution in [-0.4, -0.2) is 19.6 Å². The molecule has 0 aromatic heterocycles. The Morgan fingerprint density at radius 2 is 1.83 bits per heavy atom. The number of terminal acetylenes is 1. The Morgan fingerprint density at radius 1 is 1.22 bits per heavy atom. The average molecular weight is 313 g/mol. The second-order valence-electron chi connectivity index (χ2n) is 4.89. The maximum atomic E-state index is 13.1. The van der Waals surface area contributed by atoms with Gasteiger partial charge in [-0.1, -0.05) is 30.2 Å². The van der Waals surface area contributed by atoms with E-state index >= 15 is 0 Å². The lowest BCUT2D eigenvalue weighted by molar-refractivity contribution is -0.139. The van der Waals surface area contributed by atoms with Crippen molar-refractivity contribution in [2.75, 3.05) is 18.5 Å². The van der Waals surface area contributed by atoms with E-state index in [1.54, 1.807) is 36.4 Å². The van der Waals surface area contributed by atoms with Gasteiger partial charge < -0.3 is 9.64 Å². The highest BCUT2D eigenvalue weighted by atomic mass is 19.1. The van der Waals surface area contributed by atoms with Gasteiger partial charge in [0.25, 0.3) is 0 Å². The number of carbonyl (C=O) groups excluding carboxylic acids is 1. The molecule has 3 nitrogen and oxygen atoms in total. The van der Waals surface area contributed by atoms with Gasteiger partial charge in [-0.3, -0.25) is 4.79 Å². The minimum absolute atomic E-state index is 0.136. The highest BCUT2D eigenvalue weighted by Crippen LogP contribution is 2.18. The van der Waals surface area contributed by atoms with Crippen molar-refractivity contribution in [1.82, 2.24) is 0 Å². The number of benzene rings is 2. The molecule has 0 aliphatic heterocycles. The van der Waals surface area contributed by atoms with E-state index in [0.717, 1.165) is 11.1 Å². The molecular formula is C19H18FNO2. The molecule has 0 N–H and O–H groups in total. The van der Waals surface area contributed by atoms with E-state index < -0.39 is 6.50 Å². The largest absolute Gasteiger partial charge is 0.469 e. The summed E-state index contributed by atoms with van der Waals surface area (Å²) in [6.45, 7) is -1.86. The van der Waals surface area contributed by atoms with Crippen LogP contribution in [0.4, 0.5) is 10.1 Å². The van der Waals surface area contributed by atoms with Crippen molar-refractivity contribution in [3.05, 3.63) is 65.5 Å². The number of esters is 1. The lowest BCUT2D eigenvalue weighted by Crippen LogP contribution is -2.22. The Balaban J connectivity index is 2.28. The number of carbonyl (C=O) groups is 1. The molecule has 0 aliphatic rings. The fourth-order valence-electron chi connectivity index (χ4n) is 2.08. The molecule has 2 aromatic carbocycles. The molecule has 2 aromatic rings. The number of methoxy groups -OCH3 is 1. The Hall–Kier alpha value is -2.80. The zero-order valence-corrected chi connectivity index (χ0v) is 12.8. The smallest absolute Gasteiger partial charge is 0.309 e. The van der Waals surface area contributed by atoms with Gasteiger partial charge in [0.15, 0.2) is 0 Å². The van der Waals surface area contributed by atoms with Crippen LogP contribution in [0.1, 0.15) is 13.9 Å². The van der Waals surface area contributed by atoms with Gasteiger partial charge in [0, 0.05) is 12.2 Å². The summed E-state index contributed by atoms with van der Waals surface area (Å²) < 4.78 is 33.8. The standard InChI is InChI=1S/C19H18FNO2/c1-3-12-21(14-16-4-8-17(20)9-5-16)18-10-6-15(7-11-18)13-19(22)23-2/h1,4-11H,12-14H2,2H3/i12D2. The zero-order valence-electron chi connectivity index (χ0n) is 14.8. The number of rotatable bonds is 6. The van der Waals surface area contributed by atoms with Crippen molar-refractivity contribution in [3.63, 3.8) is 0 Å². The third kappa shape index (κ3) is 4.86. The molecule has 0 aliphatic carbocycles. The Labute approximate surface area is 138 Å². The normalized spacial score (nSPS) is 11.9. The van der Waals surface area contributed by atoms with Crippen LogP contribution in [0.25, 0.3) is 0 Å². The number of nitrogens with zero attached hydrogens (tertiary/aromatic N) is 1. The first-order valence-electron chi connectivity index (χ1n) is 8.01. The summed E-state index contributed by atoms with van der Waals surface area (Å²) in [6.07, 6.45) is 5.48. The first-order valence-corrected chi connectivity index (χ1v) is 7.01. The molecule has 0 saturated carbocycles. The molecule has 0 unspecified atom stereocenters. The molecule has 23 heavy (non-hydrogen) atoms. The van der Waals surface area contributed by atoms with Crippen molar-refractivity contribution in [2.24, 2.45) is 0 Å². The van der Waals surface area contributed by atoms with Gasteiger partial charge in [-0.25, -0.2) is 4.39 Å². The van der Waals surface area contributed by atoms with Gasteiger partial charge in [-0.05, 0) is 35.4 Å². The quantitative estimate of drug-likeness (QED) is 0.606. The lowest BCUT2D eigenvalue weighted by Gasteiger charge is -2.23. The second kappa shape index (κ2) is 8.00. The summed E-state index contributed by atoms with van der Waals surface area (Å²) in [6, 6.07) is 12.6. The molecule has 0 heterocycles. The number of halogens is 1. The number of ether oxygens (including phenoxy) is 1. The Bertz CT molecular complexity index is 768. The predicted octanol–water partition coefficient (Wildman–Crippen LogP) is 3.18. The molecule has 0 fully saturated rings. The Morgan fingerprint density at radius 3 is 2.39 bits per heavy atom. The summed E-state index contributed by atoms with van der Waals surface area (Å²) in [4.78, 5) is 12.7. The van der Waals surface area contributed by atoms with Crippen LogP contribution >= 0.6 is 0 Å². The maximum Gasteiger partial charge on any atom is 0.309 e. The van der Waals surface area contributed by atoms with Crippen LogP contribution in [0.2, 0.25) is 0 Å². The van der Waals surface area contributed by atoms with E-state index in [4.69, 9.17) is 9.16 Å². The number of anilines is 1. The Kier molecular flexibility index (Phi) is 4.81. The molecular weight excluding hydrogens is 293 g/mol. The lowest BCUT2D eigenvalue weighted by atomic mass is 10.1. The fraction of sp³-hybridized carbons (Fsp3) is 0.211. The van der Waals surface area contributed by atoms with Crippen LogP contribution < -0.4 is 4.90 Å². The SMILES string of the molecule is [2H]C([2H])(C#C)N(Cc1ccc(F)cc1)c1ccc(CC(=O)OC)cc1. The molecule has 0 atom stereocenters. The average Bonchev–Trinajstić information content (AvgIpc) is 2.61. The van der Waals surface area contributed by atoms with Gasteiger partial charge in [0.1, 0.15) is 5.82 Å². The van der Waals surface area contributed by atoms with E-state index in [0.29, 0.717) is 5.69 Å². The predicted molar refractivity (Wildman–Crippen MR) is 88.4 cm³/mol. The fourth-order valence-corrected chi connectivity index (χ4v) is 2.08. The monoisotopic (exact) mass is 313 g/mol. The van der Waals surface area contributed by atoms with Crippen molar-refractivity contribution in [3.8, 4) is 12.3 Å². The molecule has 0 radical (unpaired) electrons. The van der Waals surface area contributed by atoms with Crippen molar-refractivity contribution >= 4 is 11.7 Å². The third-order valence-electron chi connectivity index (χ3n) is 3.28. The summed E-state index contributed by atoms with van der Waals surface area (Å²) in [5.74, 6) is 1.43. The van der Waals surface area contributed by atoms with Gasteiger partial charge in [-0.15, -0.1) is 6.42 Å².